The van der Waals surface area contributed by atoms with Crippen LogP contribution in [0.2, 0.25) is 0 Å². The molecule has 1 aliphatic heterocycles. The van der Waals surface area contributed by atoms with Crippen molar-refractivity contribution in [2.45, 2.75) is 81.6 Å². The van der Waals surface area contributed by atoms with Gasteiger partial charge in [-0.1, -0.05) is 57.9 Å². The number of carbonyl (C=O) groups is 10. The standard InChI is InChI=1S/C56H85BN18O13P2/c58-56(59)61-15-8-14-41(67-53(86)43(25-36-9-2-1-3-10-36)68-54(87)45(70-89)27-38-29-60-35-64-38)52(85)69-44(26-37-28-62-40-12-5-4-11-39(37)40)51(84)63-30-47(77)66-42(55(88)71-90)13-6-7-16-65-57-46(76)31-72-17-19-73(32-48(78)79)21-23-75(34-50(82)83)24-22-74(20-18-72)33-49(80)81/h1-5,9-12,28-29,35,41-45,57,62,65,70H,6-8,13-27,30-34,89-90H2,(H,60,64)(H,63,84)(H,66,77)(H,67,86)(H,68,87)(H,69,85)(H,71,88)(H,78,79)(H,80,81)(H,82,83)(H4,58,59,61)/t41-,42-,43+,44-,45-/m0/s1. The van der Waals surface area contributed by atoms with Crippen molar-refractivity contribution in [1.29, 1.82) is 5.41 Å². The highest BCUT2D eigenvalue weighted by Gasteiger charge is 2.33. The van der Waals surface area contributed by atoms with E-state index in [1.54, 1.807) is 57.4 Å². The quantitative estimate of drug-likeness (QED) is 0.00673. The number of carboxylic acids is 3. The van der Waals surface area contributed by atoms with Gasteiger partial charge in [0.15, 0.2) is 5.96 Å². The summed E-state index contributed by atoms with van der Waals surface area (Å²) >= 11 is 0. The summed E-state index contributed by atoms with van der Waals surface area (Å²) in [4.78, 5) is 149. The van der Waals surface area contributed by atoms with Crippen molar-refractivity contribution >= 4 is 102 Å². The molecule has 0 saturated carbocycles. The number of unbranched alkanes of at least 4 members (excludes halogenated alkanes) is 1. The van der Waals surface area contributed by atoms with Gasteiger partial charge in [0.05, 0.1) is 38.5 Å². The van der Waals surface area contributed by atoms with E-state index in [9.17, 15) is 63.3 Å². The lowest BCUT2D eigenvalue weighted by atomic mass is 9.86. The van der Waals surface area contributed by atoms with Gasteiger partial charge < -0.3 is 78.0 Å². The molecule has 6 amide bonds. The fourth-order valence-corrected chi connectivity index (χ4v) is 10.5. The van der Waals surface area contributed by atoms with Gasteiger partial charge >= 0.3 is 17.9 Å². The van der Waals surface area contributed by atoms with E-state index in [0.717, 1.165) is 10.9 Å². The third kappa shape index (κ3) is 27.0. The summed E-state index contributed by atoms with van der Waals surface area (Å²) in [6.45, 7) is 1.04. The van der Waals surface area contributed by atoms with Crippen molar-refractivity contribution in [3.05, 3.63) is 90.1 Å². The van der Waals surface area contributed by atoms with Gasteiger partial charge in [-0.25, -0.2) is 4.98 Å². The summed E-state index contributed by atoms with van der Waals surface area (Å²) in [6, 6.07) is 10.6. The number of imidazole rings is 1. The molecular formula is C56H85BN18O13P2. The highest BCUT2D eigenvalue weighted by molar-refractivity contribution is 7.15. The molecule has 34 heteroatoms. The highest BCUT2D eigenvalue weighted by Crippen LogP contribution is 2.20. The average Bonchev–Trinajstić information content (AvgIpc) is 3.33. The Balaban J connectivity index is 1.20. The summed E-state index contributed by atoms with van der Waals surface area (Å²) in [5.74, 6) is -7.51. The zero-order chi connectivity index (χ0) is 65.4. The first-order valence-corrected chi connectivity index (χ1v) is 30.7. The van der Waals surface area contributed by atoms with Crippen LogP contribution in [0.25, 0.3) is 10.9 Å². The van der Waals surface area contributed by atoms with Crippen molar-refractivity contribution in [1.82, 2.24) is 81.9 Å². The van der Waals surface area contributed by atoms with Crippen molar-refractivity contribution in [2.24, 2.45) is 5.73 Å². The van der Waals surface area contributed by atoms with Gasteiger partial charge in [0.1, 0.15) is 29.8 Å². The van der Waals surface area contributed by atoms with Crippen LogP contribution in [0.3, 0.4) is 0 Å². The van der Waals surface area contributed by atoms with Crippen LogP contribution in [0.5, 0.6) is 0 Å². The van der Waals surface area contributed by atoms with Crippen molar-refractivity contribution in [2.75, 3.05) is 98.2 Å². The molecule has 3 heterocycles. The smallest absolute Gasteiger partial charge is 0.317 e. The minimum atomic E-state index is -1.33. The molecule has 4 aromatic rings. The first kappa shape index (κ1) is 72.8. The Hall–Kier alpha value is -7.96. The predicted molar refractivity (Wildman–Crippen MR) is 341 cm³/mol. The maximum absolute atomic E-state index is 14.6. The Morgan fingerprint density at radius 2 is 1.12 bits per heavy atom. The maximum Gasteiger partial charge on any atom is 0.317 e. The zero-order valence-corrected chi connectivity index (χ0v) is 52.5. The van der Waals surface area contributed by atoms with Crippen molar-refractivity contribution in [3.8, 4) is 0 Å². The first-order valence-electron chi connectivity index (χ1n) is 29.6. The van der Waals surface area contributed by atoms with Gasteiger partial charge in [0.25, 0.3) is 7.41 Å². The molecular weight excluding hydrogens is 1210 g/mol. The number of aromatic amines is 2. The molecule has 7 atom stereocenters. The lowest BCUT2D eigenvalue weighted by molar-refractivity contribution is -0.140. The molecule has 17 N–H and O–H groups in total. The van der Waals surface area contributed by atoms with E-state index in [1.807, 2.05) is 29.2 Å². The molecule has 1 saturated heterocycles. The SMILES string of the molecule is N=C(N)NCCC[C@H](NC(=O)[C@@H](Cc1ccccc1)NC(=O)[C@H](Cc1cnc[nH]1)NP)C(=O)N[C@@H](Cc1c[nH]c2ccccc12)C(=O)NCC(=O)N[C@@H](CCCCNBC(=O)CN1CCN(CC(=O)O)CCN(CC(=O)O)CCN(CC(=O)O)CC1)C(=O)NP. The Morgan fingerprint density at radius 3 is 1.69 bits per heavy atom. The van der Waals surface area contributed by atoms with Crippen LogP contribution >= 0.6 is 18.8 Å². The van der Waals surface area contributed by atoms with Crippen LogP contribution in [0.4, 0.5) is 0 Å². The minimum Gasteiger partial charge on any atom is -0.480 e. The minimum absolute atomic E-state index is 0.00776. The number of hydrogen-bond acceptors (Lipinski definition) is 18. The molecule has 0 aliphatic carbocycles. The number of nitrogens with one attached hydrogen (secondary N) is 12. The summed E-state index contributed by atoms with van der Waals surface area (Å²) in [6.07, 6.45) is 6.20. The number of para-hydroxylation sites is 1. The fourth-order valence-electron chi connectivity index (χ4n) is 10.1. The summed E-state index contributed by atoms with van der Waals surface area (Å²) in [7, 11) is 4.37. The van der Waals surface area contributed by atoms with Crippen LogP contribution in [-0.4, -0.2) is 251 Å². The Labute approximate surface area is 526 Å². The summed E-state index contributed by atoms with van der Waals surface area (Å²) < 4.78 is 0. The number of H-pyrrole nitrogens is 2. The van der Waals surface area contributed by atoms with E-state index in [1.165, 1.54) is 6.33 Å². The molecule has 0 bridgehead atoms. The lowest BCUT2D eigenvalue weighted by Crippen LogP contribution is -2.59. The Morgan fingerprint density at radius 1 is 0.589 bits per heavy atom. The third-order valence-electron chi connectivity index (χ3n) is 14.8. The predicted octanol–water partition coefficient (Wildman–Crippen LogP) is -3.99. The van der Waals surface area contributed by atoms with Crippen LogP contribution in [0.15, 0.2) is 73.3 Å². The fraction of sp³-hybridized carbons (Fsp3) is 0.500. The number of nitrogens with two attached hydrogens (primary N) is 1. The maximum atomic E-state index is 14.6. The summed E-state index contributed by atoms with van der Waals surface area (Å²) in [5.41, 5.74) is 8.13. The van der Waals surface area contributed by atoms with Crippen molar-refractivity contribution < 1.29 is 63.3 Å². The van der Waals surface area contributed by atoms with Crippen LogP contribution in [0, 0.1) is 5.41 Å². The lowest BCUT2D eigenvalue weighted by Gasteiger charge is -2.32. The molecule has 5 rings (SSSR count). The van der Waals surface area contributed by atoms with Crippen molar-refractivity contribution in [3.63, 3.8) is 0 Å². The number of carbonyl (C=O) groups excluding carboxylic acids is 7. The van der Waals surface area contributed by atoms with E-state index < -0.39 is 90.1 Å². The van der Waals surface area contributed by atoms with Gasteiger partial charge in [-0.3, -0.25) is 73.2 Å². The summed E-state index contributed by atoms with van der Waals surface area (Å²) in [5, 5.41) is 61.8. The van der Waals surface area contributed by atoms with Crippen LogP contribution in [-0.2, 0) is 67.2 Å². The van der Waals surface area contributed by atoms with Gasteiger partial charge in [-0.15, -0.1) is 0 Å². The number of aliphatic carboxylic acids is 3. The molecule has 90 heavy (non-hydrogen) atoms. The molecule has 31 nitrogen and oxygen atoms in total. The molecule has 1 fully saturated rings. The number of hydrogen-bond donors (Lipinski definition) is 16. The number of benzene rings is 2. The van der Waals surface area contributed by atoms with Gasteiger partial charge in [-0.05, 0) is 65.2 Å². The average molecular weight is 1290 g/mol. The molecule has 490 valence electrons. The number of fused-ring (bicyclic) bond motifs is 1. The topological polar surface area (TPSA) is 447 Å². The van der Waals surface area contributed by atoms with Crippen LogP contribution < -0.4 is 53.0 Å². The number of amides is 6. The second-order valence-electron chi connectivity index (χ2n) is 21.8. The van der Waals surface area contributed by atoms with E-state index in [0.29, 0.717) is 36.2 Å². The number of carboxylic acid groups (broad SMARTS) is 3. The number of rotatable bonds is 37. The molecule has 2 unspecified atom stereocenters. The number of aromatic nitrogens is 3. The highest BCUT2D eigenvalue weighted by atomic mass is 31.0. The number of guanidine groups is 1. The van der Waals surface area contributed by atoms with E-state index in [2.05, 4.69) is 81.0 Å². The Bertz CT molecular complexity index is 2970. The number of nitrogens with zero attached hydrogens (tertiary/aromatic N) is 5. The van der Waals surface area contributed by atoms with E-state index >= 15 is 0 Å². The molecule has 2 aromatic heterocycles. The van der Waals surface area contributed by atoms with Crippen LogP contribution in [0.1, 0.15) is 48.9 Å². The van der Waals surface area contributed by atoms with E-state index in [4.69, 9.17) is 11.1 Å². The zero-order valence-electron chi connectivity index (χ0n) is 50.2. The van der Waals surface area contributed by atoms with Gasteiger partial charge in [0.2, 0.25) is 35.4 Å². The normalized spacial score (nSPS) is 15.4. The largest absolute Gasteiger partial charge is 0.480 e. The molecule has 0 radical (unpaired) electrons. The first-order chi connectivity index (χ1) is 43.2. The molecule has 0 spiro atoms. The second kappa shape index (κ2) is 39.2. The van der Waals surface area contributed by atoms with Gasteiger partial charge in [-0.2, -0.15) is 0 Å². The van der Waals surface area contributed by atoms with E-state index in [-0.39, 0.29) is 143 Å². The Kier molecular flexibility index (Phi) is 31.7. The second-order valence-corrected chi connectivity index (χ2v) is 22.4. The third-order valence-corrected chi connectivity index (χ3v) is 15.5. The monoisotopic (exact) mass is 1290 g/mol. The van der Waals surface area contributed by atoms with Gasteiger partial charge in [0, 0.05) is 114 Å². The molecule has 1 aliphatic rings. The molecule has 2 aromatic carbocycles.